The number of halogens is 1. The van der Waals surface area contributed by atoms with Crippen molar-refractivity contribution in [2.45, 2.75) is 26.5 Å². The number of benzene rings is 1. The van der Waals surface area contributed by atoms with Crippen LogP contribution in [0.25, 0.3) is 0 Å². The molecule has 0 aliphatic heterocycles. The van der Waals surface area contributed by atoms with Gasteiger partial charge in [0.1, 0.15) is 6.33 Å². The number of hydrogen-bond acceptors (Lipinski definition) is 5. The SMILES string of the molecule is COc1ccc(Br)c(CNc2ncn[nH]2)c1OC(C)C. The van der Waals surface area contributed by atoms with E-state index in [-0.39, 0.29) is 6.10 Å². The van der Waals surface area contributed by atoms with E-state index in [1.165, 1.54) is 6.33 Å². The molecule has 0 unspecified atom stereocenters. The third-order valence-electron chi connectivity index (χ3n) is 2.59. The van der Waals surface area contributed by atoms with Crippen LogP contribution >= 0.6 is 15.9 Å². The number of hydrogen-bond donors (Lipinski definition) is 2. The molecule has 1 heterocycles. The fourth-order valence-corrected chi connectivity index (χ4v) is 2.19. The van der Waals surface area contributed by atoms with Crippen LogP contribution < -0.4 is 14.8 Å². The molecule has 0 bridgehead atoms. The first-order chi connectivity index (χ1) is 9.61. The second-order valence-corrected chi connectivity index (χ2v) is 5.27. The van der Waals surface area contributed by atoms with E-state index in [9.17, 15) is 0 Å². The zero-order chi connectivity index (χ0) is 14.5. The van der Waals surface area contributed by atoms with Gasteiger partial charge in [-0.15, -0.1) is 0 Å². The Balaban J connectivity index is 2.28. The van der Waals surface area contributed by atoms with E-state index < -0.39 is 0 Å². The molecular formula is C13H17BrN4O2. The van der Waals surface area contributed by atoms with Crippen molar-refractivity contribution in [2.24, 2.45) is 0 Å². The molecule has 2 N–H and O–H groups in total. The standard InChI is InChI=1S/C13H17BrN4O2/c1-8(2)20-12-9(6-15-13-16-7-17-18-13)10(14)4-5-11(12)19-3/h4-5,7-8H,6H2,1-3H3,(H2,15,16,17,18). The van der Waals surface area contributed by atoms with Gasteiger partial charge < -0.3 is 14.8 Å². The Bertz CT molecular complexity index is 558. The van der Waals surface area contributed by atoms with Gasteiger partial charge in [0.15, 0.2) is 11.5 Å². The summed E-state index contributed by atoms with van der Waals surface area (Å²) in [6.45, 7) is 4.50. The Hall–Kier alpha value is -1.76. The molecule has 1 aromatic carbocycles. The quantitative estimate of drug-likeness (QED) is 0.845. The molecule has 0 radical (unpaired) electrons. The average Bonchev–Trinajstić information content (AvgIpc) is 2.91. The van der Waals surface area contributed by atoms with Crippen molar-refractivity contribution in [3.63, 3.8) is 0 Å². The molecule has 0 saturated heterocycles. The van der Waals surface area contributed by atoms with Gasteiger partial charge in [-0.25, -0.2) is 10.1 Å². The van der Waals surface area contributed by atoms with Crippen molar-refractivity contribution in [3.8, 4) is 11.5 Å². The van der Waals surface area contributed by atoms with E-state index in [0.29, 0.717) is 18.2 Å². The van der Waals surface area contributed by atoms with Crippen molar-refractivity contribution in [1.29, 1.82) is 0 Å². The summed E-state index contributed by atoms with van der Waals surface area (Å²) in [7, 11) is 1.63. The first-order valence-corrected chi connectivity index (χ1v) is 7.02. The first kappa shape index (κ1) is 14.6. The average molecular weight is 341 g/mol. The van der Waals surface area contributed by atoms with Crippen molar-refractivity contribution in [2.75, 3.05) is 12.4 Å². The number of nitrogens with zero attached hydrogens (tertiary/aromatic N) is 2. The lowest BCUT2D eigenvalue weighted by Gasteiger charge is -2.18. The van der Waals surface area contributed by atoms with E-state index in [0.717, 1.165) is 15.8 Å². The van der Waals surface area contributed by atoms with Crippen LogP contribution in [-0.4, -0.2) is 28.4 Å². The molecular weight excluding hydrogens is 324 g/mol. The summed E-state index contributed by atoms with van der Waals surface area (Å²) in [5, 5.41) is 9.70. The molecule has 108 valence electrons. The molecule has 0 fully saturated rings. The lowest BCUT2D eigenvalue weighted by atomic mass is 10.1. The Morgan fingerprint density at radius 3 is 2.80 bits per heavy atom. The molecule has 0 atom stereocenters. The van der Waals surface area contributed by atoms with E-state index in [2.05, 4.69) is 36.4 Å². The number of rotatable bonds is 6. The molecule has 6 nitrogen and oxygen atoms in total. The number of aromatic nitrogens is 3. The third-order valence-corrected chi connectivity index (χ3v) is 3.33. The van der Waals surface area contributed by atoms with Gasteiger partial charge >= 0.3 is 0 Å². The van der Waals surface area contributed by atoms with E-state index >= 15 is 0 Å². The fourth-order valence-electron chi connectivity index (χ4n) is 1.74. The van der Waals surface area contributed by atoms with Crippen LogP contribution in [0.4, 0.5) is 5.95 Å². The Morgan fingerprint density at radius 1 is 1.40 bits per heavy atom. The van der Waals surface area contributed by atoms with Crippen molar-refractivity contribution >= 4 is 21.9 Å². The minimum Gasteiger partial charge on any atom is -0.493 e. The minimum atomic E-state index is 0.0576. The van der Waals surface area contributed by atoms with Crippen LogP contribution in [0.1, 0.15) is 19.4 Å². The molecule has 0 spiro atoms. The van der Waals surface area contributed by atoms with Crippen molar-refractivity contribution < 1.29 is 9.47 Å². The second-order valence-electron chi connectivity index (χ2n) is 4.41. The second kappa shape index (κ2) is 6.60. The van der Waals surface area contributed by atoms with Crippen LogP contribution in [0.3, 0.4) is 0 Å². The zero-order valence-electron chi connectivity index (χ0n) is 11.6. The van der Waals surface area contributed by atoms with E-state index in [1.807, 2.05) is 26.0 Å². The molecule has 0 saturated carbocycles. The van der Waals surface area contributed by atoms with Gasteiger partial charge in [0.05, 0.1) is 13.2 Å². The van der Waals surface area contributed by atoms with Gasteiger partial charge in [-0.3, -0.25) is 0 Å². The minimum absolute atomic E-state index is 0.0576. The zero-order valence-corrected chi connectivity index (χ0v) is 13.2. The number of H-pyrrole nitrogens is 1. The summed E-state index contributed by atoms with van der Waals surface area (Å²) in [6, 6.07) is 3.81. The summed E-state index contributed by atoms with van der Waals surface area (Å²) < 4.78 is 12.2. The maximum atomic E-state index is 5.88. The number of anilines is 1. The Kier molecular flexibility index (Phi) is 4.84. The summed E-state index contributed by atoms with van der Waals surface area (Å²) >= 11 is 3.54. The maximum Gasteiger partial charge on any atom is 0.218 e. The highest BCUT2D eigenvalue weighted by Gasteiger charge is 2.16. The Morgan fingerprint density at radius 2 is 2.20 bits per heavy atom. The lowest BCUT2D eigenvalue weighted by Crippen LogP contribution is -2.11. The molecule has 2 rings (SSSR count). The van der Waals surface area contributed by atoms with Crippen LogP contribution in [0.2, 0.25) is 0 Å². The predicted octanol–water partition coefficient (Wildman–Crippen LogP) is 2.98. The molecule has 0 aliphatic carbocycles. The van der Waals surface area contributed by atoms with Crippen molar-refractivity contribution in [1.82, 2.24) is 15.2 Å². The largest absolute Gasteiger partial charge is 0.493 e. The summed E-state index contributed by atoms with van der Waals surface area (Å²) in [5.41, 5.74) is 0.967. The summed E-state index contributed by atoms with van der Waals surface area (Å²) in [5.74, 6) is 2.04. The molecule has 2 aromatic rings. The molecule has 0 aliphatic rings. The number of nitrogens with one attached hydrogen (secondary N) is 2. The number of aromatic amines is 1. The van der Waals surface area contributed by atoms with Crippen LogP contribution in [0.15, 0.2) is 22.9 Å². The molecule has 0 amide bonds. The van der Waals surface area contributed by atoms with E-state index in [4.69, 9.17) is 9.47 Å². The summed E-state index contributed by atoms with van der Waals surface area (Å²) in [4.78, 5) is 4.03. The third kappa shape index (κ3) is 3.41. The highest BCUT2D eigenvalue weighted by Crippen LogP contribution is 2.37. The first-order valence-electron chi connectivity index (χ1n) is 6.23. The number of ether oxygens (including phenoxy) is 2. The molecule has 7 heteroatoms. The van der Waals surface area contributed by atoms with Crippen LogP contribution in [-0.2, 0) is 6.54 Å². The van der Waals surface area contributed by atoms with E-state index in [1.54, 1.807) is 7.11 Å². The topological polar surface area (TPSA) is 72.1 Å². The van der Waals surface area contributed by atoms with Crippen LogP contribution in [0.5, 0.6) is 11.5 Å². The van der Waals surface area contributed by atoms with Crippen molar-refractivity contribution in [3.05, 3.63) is 28.5 Å². The maximum absolute atomic E-state index is 5.88. The monoisotopic (exact) mass is 340 g/mol. The van der Waals surface area contributed by atoms with Gasteiger partial charge in [-0.2, -0.15) is 5.10 Å². The molecule has 20 heavy (non-hydrogen) atoms. The molecule has 1 aromatic heterocycles. The van der Waals surface area contributed by atoms with Crippen LogP contribution in [0, 0.1) is 0 Å². The fraction of sp³-hybridized carbons (Fsp3) is 0.385. The summed E-state index contributed by atoms with van der Waals surface area (Å²) in [6.07, 6.45) is 1.51. The van der Waals surface area contributed by atoms with Gasteiger partial charge in [0.2, 0.25) is 5.95 Å². The Labute approximate surface area is 126 Å². The van der Waals surface area contributed by atoms with Gasteiger partial charge in [0.25, 0.3) is 0 Å². The highest BCUT2D eigenvalue weighted by atomic mass is 79.9. The normalized spacial score (nSPS) is 10.7. The number of methoxy groups -OCH3 is 1. The van der Waals surface area contributed by atoms with Gasteiger partial charge in [0, 0.05) is 16.6 Å². The highest BCUT2D eigenvalue weighted by molar-refractivity contribution is 9.10. The van der Waals surface area contributed by atoms with Gasteiger partial charge in [-0.1, -0.05) is 15.9 Å². The van der Waals surface area contributed by atoms with Gasteiger partial charge in [-0.05, 0) is 26.0 Å². The smallest absolute Gasteiger partial charge is 0.218 e. The lowest BCUT2D eigenvalue weighted by molar-refractivity contribution is 0.227. The predicted molar refractivity (Wildman–Crippen MR) is 80.2 cm³/mol.